The highest BCUT2D eigenvalue weighted by atomic mass is 16.7. The first-order valence-electron chi connectivity index (χ1n) is 11.4. The third-order valence-corrected chi connectivity index (χ3v) is 4.82. The minimum absolute atomic E-state index is 0.0757. The number of hydrogen-bond acceptors (Lipinski definition) is 3. The van der Waals surface area contributed by atoms with Crippen molar-refractivity contribution in [1.29, 1.82) is 0 Å². The van der Waals surface area contributed by atoms with Crippen LogP contribution in [0.15, 0.2) is 0 Å². The lowest BCUT2D eigenvalue weighted by atomic mass is 10.1. The van der Waals surface area contributed by atoms with Gasteiger partial charge in [0.2, 0.25) is 0 Å². The van der Waals surface area contributed by atoms with Gasteiger partial charge >= 0.3 is 0 Å². The van der Waals surface area contributed by atoms with E-state index in [0.29, 0.717) is 6.42 Å². The van der Waals surface area contributed by atoms with E-state index in [0.717, 1.165) is 45.3 Å². The Bertz CT molecular complexity index is 273. The molecule has 0 unspecified atom stereocenters. The Labute approximate surface area is 163 Å². The Kier molecular flexibility index (Phi) is 20.6. The van der Waals surface area contributed by atoms with Crippen LogP contribution in [0.3, 0.4) is 0 Å². The predicted octanol–water partition coefficient (Wildman–Crippen LogP) is 7.22. The number of hydrogen-bond donors (Lipinski definition) is 0. The molecule has 3 heteroatoms. The maximum atomic E-state index is 11.1. The molecule has 0 amide bonds. The Morgan fingerprint density at radius 1 is 0.654 bits per heavy atom. The van der Waals surface area contributed by atoms with E-state index in [-0.39, 0.29) is 12.1 Å². The Hall–Kier alpha value is -0.410. The quantitative estimate of drug-likeness (QED) is 0.158. The summed E-state index contributed by atoms with van der Waals surface area (Å²) in [5, 5.41) is 0. The Morgan fingerprint density at radius 3 is 1.58 bits per heavy atom. The van der Waals surface area contributed by atoms with Crippen molar-refractivity contribution in [1.82, 2.24) is 0 Å². The van der Waals surface area contributed by atoms with Gasteiger partial charge < -0.3 is 14.3 Å². The smallest absolute Gasteiger partial charge is 0.157 e. The van der Waals surface area contributed by atoms with Crippen LogP contribution in [-0.2, 0) is 14.3 Å². The summed E-state index contributed by atoms with van der Waals surface area (Å²) in [5.74, 6) is 0.280. The lowest BCUT2D eigenvalue weighted by Crippen LogP contribution is -2.19. The molecule has 26 heavy (non-hydrogen) atoms. The number of unbranched alkanes of at least 4 members (excludes halogenated alkanes) is 11. The van der Waals surface area contributed by atoms with Gasteiger partial charge in [-0.1, -0.05) is 78.1 Å². The molecular weight excluding hydrogens is 324 g/mol. The second kappa shape index (κ2) is 20.9. The maximum Gasteiger partial charge on any atom is 0.157 e. The number of Topliss-reactive ketones (excluding diaryl/α,β-unsaturated/α-hetero) is 1. The molecule has 156 valence electrons. The second-order valence-electron chi connectivity index (χ2n) is 7.65. The van der Waals surface area contributed by atoms with Gasteiger partial charge in [-0.2, -0.15) is 0 Å². The van der Waals surface area contributed by atoms with Gasteiger partial charge in [-0.3, -0.25) is 0 Å². The van der Waals surface area contributed by atoms with Crippen LogP contribution in [0.2, 0.25) is 0 Å². The number of carbonyl (C=O) groups is 1. The first kappa shape index (κ1) is 25.6. The van der Waals surface area contributed by atoms with Crippen LogP contribution in [0.1, 0.15) is 124 Å². The fraction of sp³-hybridized carbons (Fsp3) is 0.957. The van der Waals surface area contributed by atoms with Crippen LogP contribution in [0.25, 0.3) is 0 Å². The summed E-state index contributed by atoms with van der Waals surface area (Å²) in [6, 6.07) is 0. The van der Waals surface area contributed by atoms with E-state index >= 15 is 0 Å². The molecule has 0 saturated heterocycles. The average molecular weight is 371 g/mol. The highest BCUT2D eigenvalue weighted by Gasteiger charge is 2.09. The van der Waals surface area contributed by atoms with Crippen LogP contribution in [0, 0.1) is 0 Å². The molecule has 0 N–H and O–H groups in total. The molecule has 0 aromatic heterocycles. The monoisotopic (exact) mass is 370 g/mol. The van der Waals surface area contributed by atoms with E-state index < -0.39 is 0 Å². The largest absolute Gasteiger partial charge is 0.353 e. The van der Waals surface area contributed by atoms with Crippen molar-refractivity contribution in [3.63, 3.8) is 0 Å². The lowest BCUT2D eigenvalue weighted by molar-refractivity contribution is -0.148. The fourth-order valence-electron chi connectivity index (χ4n) is 3.09. The van der Waals surface area contributed by atoms with E-state index in [2.05, 4.69) is 13.8 Å². The molecule has 0 spiro atoms. The molecule has 0 aliphatic carbocycles. The van der Waals surface area contributed by atoms with Gasteiger partial charge in [0.15, 0.2) is 6.29 Å². The summed E-state index contributed by atoms with van der Waals surface area (Å²) < 4.78 is 12.0. The van der Waals surface area contributed by atoms with E-state index in [9.17, 15) is 4.79 Å². The maximum absolute atomic E-state index is 11.1. The SMILES string of the molecule is CCCCCCCCOC(CCCCC(C)=O)OCCCCCCCC. The van der Waals surface area contributed by atoms with Crippen LogP contribution >= 0.6 is 0 Å². The van der Waals surface area contributed by atoms with Crippen LogP contribution < -0.4 is 0 Å². The van der Waals surface area contributed by atoms with E-state index in [4.69, 9.17) is 9.47 Å². The highest BCUT2D eigenvalue weighted by molar-refractivity contribution is 5.75. The summed E-state index contributed by atoms with van der Waals surface area (Å²) in [6.07, 6.45) is 18.9. The zero-order chi connectivity index (χ0) is 19.3. The summed E-state index contributed by atoms with van der Waals surface area (Å²) in [4.78, 5) is 11.1. The molecule has 3 nitrogen and oxygen atoms in total. The Morgan fingerprint density at radius 2 is 1.12 bits per heavy atom. The van der Waals surface area contributed by atoms with E-state index in [1.807, 2.05) is 0 Å². The molecule has 0 aromatic rings. The van der Waals surface area contributed by atoms with Gasteiger partial charge in [-0.15, -0.1) is 0 Å². The van der Waals surface area contributed by atoms with Crippen molar-refractivity contribution in [2.24, 2.45) is 0 Å². The van der Waals surface area contributed by atoms with Crippen LogP contribution in [0.5, 0.6) is 0 Å². The molecule has 0 radical (unpaired) electrons. The highest BCUT2D eigenvalue weighted by Crippen LogP contribution is 2.13. The first-order valence-corrected chi connectivity index (χ1v) is 11.4. The van der Waals surface area contributed by atoms with Gasteiger partial charge in [0.1, 0.15) is 5.78 Å². The number of rotatable bonds is 21. The van der Waals surface area contributed by atoms with Crippen molar-refractivity contribution in [3.05, 3.63) is 0 Å². The molecule has 0 aliphatic heterocycles. The van der Waals surface area contributed by atoms with E-state index in [1.165, 1.54) is 64.2 Å². The lowest BCUT2D eigenvalue weighted by Gasteiger charge is -2.19. The topological polar surface area (TPSA) is 35.5 Å². The van der Waals surface area contributed by atoms with Crippen molar-refractivity contribution >= 4 is 5.78 Å². The number of carbonyl (C=O) groups excluding carboxylic acids is 1. The second-order valence-corrected chi connectivity index (χ2v) is 7.65. The van der Waals surface area contributed by atoms with Crippen molar-refractivity contribution in [3.8, 4) is 0 Å². The molecule has 0 saturated carbocycles. The van der Waals surface area contributed by atoms with E-state index in [1.54, 1.807) is 6.92 Å². The van der Waals surface area contributed by atoms with Crippen molar-refractivity contribution < 1.29 is 14.3 Å². The number of ketones is 1. The summed E-state index contributed by atoms with van der Waals surface area (Å²) in [7, 11) is 0. The molecule has 0 fully saturated rings. The molecule has 0 aliphatic rings. The standard InChI is InChI=1S/C23H46O3/c1-4-6-8-10-12-16-20-25-23(19-15-14-18-22(3)24)26-21-17-13-11-9-7-5-2/h23H,4-21H2,1-3H3. The normalized spacial score (nSPS) is 11.4. The summed E-state index contributed by atoms with van der Waals surface area (Å²) in [6.45, 7) is 7.78. The minimum atomic E-state index is -0.0757. The third kappa shape index (κ3) is 19.9. The Balaban J connectivity index is 3.80. The van der Waals surface area contributed by atoms with Gasteiger partial charge in [0, 0.05) is 19.6 Å². The van der Waals surface area contributed by atoms with Crippen molar-refractivity contribution in [2.45, 2.75) is 130 Å². The molecule has 0 atom stereocenters. The van der Waals surface area contributed by atoms with Gasteiger partial charge in [0.25, 0.3) is 0 Å². The zero-order valence-electron chi connectivity index (χ0n) is 18.0. The number of ether oxygens (including phenoxy) is 2. The minimum Gasteiger partial charge on any atom is -0.353 e. The fourth-order valence-corrected chi connectivity index (χ4v) is 3.09. The predicted molar refractivity (Wildman–Crippen MR) is 112 cm³/mol. The first-order chi connectivity index (χ1) is 12.7. The molecule has 0 rings (SSSR count). The van der Waals surface area contributed by atoms with Gasteiger partial charge in [-0.25, -0.2) is 0 Å². The molecule has 0 heterocycles. The summed E-state index contributed by atoms with van der Waals surface area (Å²) >= 11 is 0. The summed E-state index contributed by atoms with van der Waals surface area (Å²) in [5.41, 5.74) is 0. The van der Waals surface area contributed by atoms with Crippen molar-refractivity contribution in [2.75, 3.05) is 13.2 Å². The van der Waals surface area contributed by atoms with Crippen LogP contribution in [-0.4, -0.2) is 25.3 Å². The van der Waals surface area contributed by atoms with Crippen LogP contribution in [0.4, 0.5) is 0 Å². The molecule has 0 bridgehead atoms. The van der Waals surface area contributed by atoms with Gasteiger partial charge in [0.05, 0.1) is 0 Å². The van der Waals surface area contributed by atoms with Gasteiger partial charge in [-0.05, 0) is 39.0 Å². The third-order valence-electron chi connectivity index (χ3n) is 4.82. The average Bonchev–Trinajstić information content (AvgIpc) is 2.62. The molecular formula is C23H46O3. The molecule has 0 aromatic carbocycles. The zero-order valence-corrected chi connectivity index (χ0v) is 18.0.